The molecule has 1 aromatic heterocycles. The van der Waals surface area contributed by atoms with Crippen LogP contribution in [0.1, 0.15) is 17.0 Å². The van der Waals surface area contributed by atoms with Gasteiger partial charge in [-0.25, -0.2) is 9.97 Å². The van der Waals surface area contributed by atoms with Crippen molar-refractivity contribution in [1.29, 1.82) is 0 Å². The number of hydrogen-bond donors (Lipinski definition) is 0. The minimum absolute atomic E-state index is 0.00178. The number of rotatable bonds is 4. The summed E-state index contributed by atoms with van der Waals surface area (Å²) in [5.41, 5.74) is 9.93. The maximum absolute atomic E-state index is 5.14. The fraction of sp³-hybridized carbons (Fsp3) is 0. The van der Waals surface area contributed by atoms with Gasteiger partial charge in [0.25, 0.3) is 0 Å². The zero-order valence-electron chi connectivity index (χ0n) is 25.1. The molecule has 9 rings (SSSR count). The van der Waals surface area contributed by atoms with Crippen LogP contribution in [0.3, 0.4) is 0 Å². The van der Waals surface area contributed by atoms with Crippen molar-refractivity contribution in [3.8, 4) is 22.5 Å². The molecule has 8 heteroatoms. The Morgan fingerprint density at radius 2 is 1.11 bits per heavy atom. The van der Waals surface area contributed by atoms with Crippen molar-refractivity contribution in [2.75, 3.05) is 0 Å². The van der Waals surface area contributed by atoms with Gasteiger partial charge >= 0.3 is 20.9 Å². The Kier molecular flexibility index (Phi) is 6.37. The van der Waals surface area contributed by atoms with Crippen LogP contribution in [0.4, 0.5) is 0 Å². The Labute approximate surface area is 270 Å². The summed E-state index contributed by atoms with van der Waals surface area (Å²) in [4.78, 5) is 10.3. The van der Waals surface area contributed by atoms with Gasteiger partial charge in [-0.05, 0) is 59.0 Å². The summed E-state index contributed by atoms with van der Waals surface area (Å²) in [6.45, 7) is 0.0707. The highest BCUT2D eigenvalue weighted by Crippen LogP contribution is 2.35. The molecule has 4 aliphatic rings. The smallest absolute Gasteiger partial charge is 0.388 e. The molecule has 0 amide bonds. The normalized spacial score (nSPS) is 16.0. The van der Waals surface area contributed by atoms with Crippen LogP contribution in [-0.4, -0.2) is 45.1 Å². The Bertz CT molecular complexity index is 2040. The molecule has 0 aliphatic carbocycles. The van der Waals surface area contributed by atoms with E-state index in [1.807, 2.05) is 12.1 Å². The van der Waals surface area contributed by atoms with Crippen LogP contribution in [-0.2, 0) is 0 Å². The van der Waals surface area contributed by atoms with Crippen molar-refractivity contribution in [3.05, 3.63) is 181 Å². The van der Waals surface area contributed by atoms with Crippen LogP contribution in [0, 0.1) is 0 Å². The summed E-state index contributed by atoms with van der Waals surface area (Å²) >= 11 is 0. The number of allylic oxidation sites excluding steroid dienone is 4. The van der Waals surface area contributed by atoms with E-state index in [0.717, 1.165) is 28.1 Å². The summed E-state index contributed by atoms with van der Waals surface area (Å²) < 4.78 is 7.36. The van der Waals surface area contributed by atoms with E-state index in [-0.39, 0.29) is 20.9 Å². The average molecular weight is 587 g/mol. The molecule has 1 saturated heterocycles. The first-order valence-electron chi connectivity index (χ1n) is 15.8. The molecule has 214 valence electrons. The lowest BCUT2D eigenvalue weighted by atomic mass is 9.39. The molecule has 0 N–H and O–H groups in total. The van der Waals surface area contributed by atoms with Crippen LogP contribution < -0.4 is 5.46 Å². The Morgan fingerprint density at radius 3 is 1.80 bits per heavy atom. The highest BCUT2D eigenvalue weighted by molar-refractivity contribution is 6.95. The maximum Gasteiger partial charge on any atom is 0.388 e. The number of aromatic nitrogens is 2. The molecule has 5 heterocycles. The predicted molar refractivity (Wildman–Crippen MR) is 191 cm³/mol. The topological polar surface area (TPSA) is 35.5 Å². The maximum atomic E-state index is 5.14. The molecule has 4 aromatic carbocycles. The third-order valence-electron chi connectivity index (χ3n) is 9.21. The van der Waals surface area contributed by atoms with E-state index in [1.165, 1.54) is 22.2 Å². The summed E-state index contributed by atoms with van der Waals surface area (Å²) in [5.74, 6) is 5.40. The molecule has 0 radical (unpaired) electrons. The Morgan fingerprint density at radius 1 is 0.500 bits per heavy atom. The van der Waals surface area contributed by atoms with E-state index in [0.29, 0.717) is 5.82 Å². The zero-order valence-corrected chi connectivity index (χ0v) is 25.1. The third kappa shape index (κ3) is 4.53. The quantitative estimate of drug-likeness (QED) is 0.219. The summed E-state index contributed by atoms with van der Waals surface area (Å²) in [6.07, 6.45) is 13.4. The lowest BCUT2D eigenvalue weighted by Gasteiger charge is -2.55. The second-order valence-electron chi connectivity index (χ2n) is 11.9. The first kappa shape index (κ1) is 26.6. The fourth-order valence-electron chi connectivity index (χ4n) is 6.98. The number of nitrogens with zero attached hydrogens (tertiary/aromatic N) is 5. The van der Waals surface area contributed by atoms with Gasteiger partial charge in [-0.1, -0.05) is 133 Å². The van der Waals surface area contributed by atoms with E-state index in [1.54, 1.807) is 0 Å². The van der Waals surface area contributed by atoms with Gasteiger partial charge in [-0.3, -0.25) is 0 Å². The predicted octanol–water partition coefficient (Wildman–Crippen LogP) is 6.69. The summed E-state index contributed by atoms with van der Waals surface area (Å²) in [7, 11) is 0. The molecular weight excluding hydrogens is 559 g/mol. The molecule has 0 spiro atoms. The lowest BCUT2D eigenvalue weighted by Crippen LogP contribution is -2.77. The van der Waals surface area contributed by atoms with Crippen molar-refractivity contribution in [3.63, 3.8) is 0 Å². The summed E-state index contributed by atoms with van der Waals surface area (Å²) in [5, 5.41) is 0. The van der Waals surface area contributed by atoms with Gasteiger partial charge in [0.05, 0.1) is 11.4 Å². The molecule has 0 saturated carbocycles. The number of fused-ring (bicyclic) bond motifs is 8. The molecule has 5 aromatic rings. The SMILES string of the molecule is C1=CC(c2nc(-c3ccccc3)cc(-c3ccccc3)n2)=CN2B1N1C=CC(c3ccccc3)=CB1N1C=Cc3ccccc3B12. The molecule has 5 nitrogen and oxygen atoms in total. The monoisotopic (exact) mass is 587 g/mol. The van der Waals surface area contributed by atoms with Crippen LogP contribution in [0.5, 0.6) is 0 Å². The fourth-order valence-corrected chi connectivity index (χ4v) is 6.98. The molecule has 1 fully saturated rings. The molecule has 46 heavy (non-hydrogen) atoms. The van der Waals surface area contributed by atoms with Gasteiger partial charge in [-0.2, -0.15) is 0 Å². The van der Waals surface area contributed by atoms with Gasteiger partial charge in [0, 0.05) is 16.7 Å². The second-order valence-corrected chi connectivity index (χ2v) is 11.9. The Balaban J connectivity index is 1.17. The average Bonchev–Trinajstić information content (AvgIpc) is 3.15. The molecule has 0 bridgehead atoms. The number of benzene rings is 4. The third-order valence-corrected chi connectivity index (χ3v) is 9.21. The second kappa shape index (κ2) is 11.0. The van der Waals surface area contributed by atoms with E-state index >= 15 is 0 Å². The first-order chi connectivity index (χ1) is 22.8. The zero-order chi connectivity index (χ0) is 30.5. The van der Waals surface area contributed by atoms with Gasteiger partial charge in [0.1, 0.15) is 0 Å². The van der Waals surface area contributed by atoms with Crippen molar-refractivity contribution in [1.82, 2.24) is 24.1 Å². The lowest BCUT2D eigenvalue weighted by molar-refractivity contribution is 0.625. The number of hydrogen-bond acceptors (Lipinski definition) is 5. The largest absolute Gasteiger partial charge is 0.423 e. The Hall–Kier alpha value is -5.75. The minimum Gasteiger partial charge on any atom is -0.423 e. The highest BCUT2D eigenvalue weighted by Gasteiger charge is 2.52. The molecule has 0 atom stereocenters. The van der Waals surface area contributed by atoms with E-state index in [2.05, 4.69) is 172 Å². The van der Waals surface area contributed by atoms with Crippen LogP contribution in [0.2, 0.25) is 0 Å². The molecular formula is C38H28B3N5. The van der Waals surface area contributed by atoms with Crippen LogP contribution in [0.25, 0.3) is 39.7 Å². The summed E-state index contributed by atoms with van der Waals surface area (Å²) in [6, 6.07) is 42.2. The van der Waals surface area contributed by atoms with Crippen molar-refractivity contribution in [2.45, 2.75) is 0 Å². The van der Waals surface area contributed by atoms with Crippen LogP contribution >= 0.6 is 0 Å². The van der Waals surface area contributed by atoms with Crippen molar-refractivity contribution in [2.24, 2.45) is 0 Å². The highest BCUT2D eigenvalue weighted by atomic mass is 15.3. The van der Waals surface area contributed by atoms with Gasteiger partial charge < -0.3 is 14.2 Å². The van der Waals surface area contributed by atoms with E-state index < -0.39 is 0 Å². The molecule has 4 aliphatic heterocycles. The van der Waals surface area contributed by atoms with Gasteiger partial charge in [-0.15, -0.1) is 0 Å². The van der Waals surface area contributed by atoms with Crippen molar-refractivity contribution >= 4 is 43.6 Å². The minimum atomic E-state index is -0.00178. The van der Waals surface area contributed by atoms with Crippen molar-refractivity contribution < 1.29 is 0 Å². The van der Waals surface area contributed by atoms with E-state index in [4.69, 9.17) is 9.97 Å². The van der Waals surface area contributed by atoms with Gasteiger partial charge in [0.2, 0.25) is 0 Å². The standard InChI is InChI=1S/C38H28B3N5/c1-4-12-29(13-5-1)33-22-24-44-39-23-20-34(28-46(39)41-35-19-11-10-14-30(35)21-25-45(41)40(44)27-33)38-42-36(31-15-6-2-7-16-31)26-37(43-38)32-17-8-3-9-18-32/h1-28H. The van der Waals surface area contributed by atoms with Crippen LogP contribution in [0.15, 0.2) is 164 Å². The molecule has 0 unspecified atom stereocenters. The first-order valence-corrected chi connectivity index (χ1v) is 15.8. The van der Waals surface area contributed by atoms with E-state index in [9.17, 15) is 0 Å². The van der Waals surface area contributed by atoms with Gasteiger partial charge in [0.15, 0.2) is 5.82 Å².